The average Bonchev–Trinajstić information content (AvgIpc) is 3.02. The number of rotatable bonds is 6. The summed E-state index contributed by atoms with van der Waals surface area (Å²) >= 11 is 0. The first-order chi connectivity index (χ1) is 15.4. The lowest BCUT2D eigenvalue weighted by Crippen LogP contribution is -2.23. The summed E-state index contributed by atoms with van der Waals surface area (Å²) in [6.07, 6.45) is 0. The molecule has 1 aliphatic rings. The van der Waals surface area contributed by atoms with Gasteiger partial charge in [-0.25, -0.2) is 0 Å². The van der Waals surface area contributed by atoms with Crippen LogP contribution >= 0.6 is 0 Å². The van der Waals surface area contributed by atoms with Gasteiger partial charge in [0.2, 0.25) is 0 Å². The molecular weight excluding hydrogens is 408 g/mol. The molecule has 0 aliphatic heterocycles. The number of benzene rings is 3. The van der Waals surface area contributed by atoms with Crippen LogP contribution in [0.5, 0.6) is 11.5 Å². The van der Waals surface area contributed by atoms with Gasteiger partial charge in [0.15, 0.2) is 0 Å². The monoisotopic (exact) mass is 438 g/mol. The van der Waals surface area contributed by atoms with Crippen molar-refractivity contribution in [3.8, 4) is 33.8 Å². The first kappa shape index (κ1) is 22.2. The second-order valence-corrected chi connectivity index (χ2v) is 9.71. The van der Waals surface area contributed by atoms with Gasteiger partial charge in [0, 0.05) is 0 Å². The molecule has 4 rings (SSSR count). The molecule has 32 heavy (non-hydrogen) atoms. The molecule has 0 aromatic heterocycles. The largest absolute Gasteiger partial charge is 0.497 e. The second-order valence-electron chi connectivity index (χ2n) is 8.38. The molecule has 0 N–H and O–H groups in total. The Kier molecular flexibility index (Phi) is 6.38. The molecule has 3 aromatic rings. The van der Waals surface area contributed by atoms with Crippen LogP contribution in [0.4, 0.5) is 0 Å². The van der Waals surface area contributed by atoms with Crippen LogP contribution in [0, 0.1) is 5.92 Å². The Hall–Kier alpha value is -3.04. The van der Waals surface area contributed by atoms with Crippen molar-refractivity contribution < 1.29 is 9.47 Å². The average molecular weight is 439 g/mol. The summed E-state index contributed by atoms with van der Waals surface area (Å²) in [5.74, 6) is 2.25. The lowest BCUT2D eigenvalue weighted by atomic mass is 9.94. The normalized spacial score (nSPS) is 16.0. The van der Waals surface area contributed by atoms with Crippen LogP contribution in [-0.4, -0.2) is 23.7 Å². The topological polar surface area (TPSA) is 18.5 Å². The highest BCUT2D eigenvalue weighted by Crippen LogP contribution is 2.37. The molecule has 0 heterocycles. The molecule has 0 saturated heterocycles. The van der Waals surface area contributed by atoms with Gasteiger partial charge in [-0.3, -0.25) is 0 Å². The molecule has 0 saturated carbocycles. The van der Waals surface area contributed by atoms with Gasteiger partial charge in [0.25, 0.3) is 0 Å². The minimum atomic E-state index is 0.502. The minimum Gasteiger partial charge on any atom is -0.497 e. The van der Waals surface area contributed by atoms with E-state index in [1.165, 1.54) is 44.2 Å². The van der Waals surface area contributed by atoms with Crippen LogP contribution in [0.15, 0.2) is 88.6 Å². The van der Waals surface area contributed by atoms with Gasteiger partial charge >= 0.3 is 0 Å². The zero-order chi connectivity index (χ0) is 22.8. The molecule has 1 atom stereocenters. The van der Waals surface area contributed by atoms with Crippen molar-refractivity contribution in [2.24, 2.45) is 5.92 Å². The molecule has 1 unspecified atom stereocenters. The molecule has 0 amide bonds. The third-order valence-corrected chi connectivity index (χ3v) is 8.52. The lowest BCUT2D eigenvalue weighted by molar-refractivity contribution is 0.414. The number of allylic oxidation sites excluding steroid dienone is 4. The standard InChI is InChI=1S/C29H30O2Si/c1-18-19(2)21(4)29(20(18)3)32-27-9-7-8-26(22-10-14-24(30-5)15-11-22)28(27)23-12-16-25(31-6)17-13-23/h7-17,20H,1-6H3. The summed E-state index contributed by atoms with van der Waals surface area (Å²) in [6, 6.07) is 23.5. The van der Waals surface area contributed by atoms with E-state index in [1.807, 2.05) is 24.3 Å². The molecule has 2 nitrogen and oxygen atoms in total. The summed E-state index contributed by atoms with van der Waals surface area (Å²) < 4.78 is 10.8. The van der Waals surface area contributed by atoms with Crippen molar-refractivity contribution >= 4 is 14.7 Å². The first-order valence-electron chi connectivity index (χ1n) is 11.0. The number of methoxy groups -OCH3 is 2. The summed E-state index contributed by atoms with van der Waals surface area (Å²) in [5.41, 5.74) is 9.37. The van der Waals surface area contributed by atoms with E-state index >= 15 is 0 Å². The smallest absolute Gasteiger partial charge is 0.118 e. The summed E-state index contributed by atoms with van der Waals surface area (Å²) in [6.45, 7) is 9.17. The van der Waals surface area contributed by atoms with Crippen molar-refractivity contribution in [3.63, 3.8) is 0 Å². The maximum atomic E-state index is 5.41. The Morgan fingerprint density at radius 3 is 1.75 bits per heavy atom. The number of hydrogen-bond acceptors (Lipinski definition) is 2. The van der Waals surface area contributed by atoms with Crippen LogP contribution in [0.1, 0.15) is 27.7 Å². The Morgan fingerprint density at radius 2 is 1.25 bits per heavy atom. The van der Waals surface area contributed by atoms with Crippen molar-refractivity contribution in [1.29, 1.82) is 0 Å². The van der Waals surface area contributed by atoms with Gasteiger partial charge in [0.1, 0.15) is 21.0 Å². The summed E-state index contributed by atoms with van der Waals surface area (Å²) in [4.78, 5) is 0. The highest BCUT2D eigenvalue weighted by atomic mass is 28.2. The van der Waals surface area contributed by atoms with Gasteiger partial charge in [-0.15, -0.1) is 0 Å². The van der Waals surface area contributed by atoms with E-state index < -0.39 is 0 Å². The Labute approximate surface area is 194 Å². The fraction of sp³-hybridized carbons (Fsp3) is 0.241. The van der Waals surface area contributed by atoms with Crippen LogP contribution in [0.2, 0.25) is 0 Å². The third-order valence-electron chi connectivity index (χ3n) is 6.75. The SMILES string of the molecule is COc1ccc(-c2cccc([Si]C3=C(C)C(C)=C(C)C3C)c2-c2ccc(OC)cc2)cc1. The Balaban J connectivity index is 1.86. The number of ether oxygens (including phenoxy) is 2. The summed E-state index contributed by atoms with van der Waals surface area (Å²) in [5, 5.41) is 2.94. The molecule has 0 spiro atoms. The van der Waals surface area contributed by atoms with Crippen molar-refractivity contribution in [1.82, 2.24) is 0 Å². The predicted molar refractivity (Wildman–Crippen MR) is 136 cm³/mol. The molecule has 3 aromatic carbocycles. The molecule has 0 fully saturated rings. The zero-order valence-corrected chi connectivity index (χ0v) is 20.7. The maximum absolute atomic E-state index is 5.41. The van der Waals surface area contributed by atoms with Gasteiger partial charge in [-0.2, -0.15) is 0 Å². The minimum absolute atomic E-state index is 0.502. The highest BCUT2D eigenvalue weighted by Gasteiger charge is 2.25. The quantitative estimate of drug-likeness (QED) is 0.402. The zero-order valence-electron chi connectivity index (χ0n) is 19.7. The second kappa shape index (κ2) is 9.21. The molecule has 1 aliphatic carbocycles. The van der Waals surface area contributed by atoms with Crippen LogP contribution in [0.25, 0.3) is 22.3 Å². The van der Waals surface area contributed by atoms with Crippen LogP contribution in [-0.2, 0) is 0 Å². The molecule has 3 heteroatoms. The Morgan fingerprint density at radius 1 is 0.688 bits per heavy atom. The predicted octanol–water partition coefficient (Wildman–Crippen LogP) is 6.63. The summed E-state index contributed by atoms with van der Waals surface area (Å²) in [7, 11) is 4.05. The van der Waals surface area contributed by atoms with Crippen molar-refractivity contribution in [2.45, 2.75) is 27.7 Å². The fourth-order valence-electron chi connectivity index (χ4n) is 4.45. The molecule has 0 bridgehead atoms. The molecule has 162 valence electrons. The highest BCUT2D eigenvalue weighted by molar-refractivity contribution is 6.63. The molecule has 2 radical (unpaired) electrons. The fourth-order valence-corrected chi connectivity index (χ4v) is 6.13. The van der Waals surface area contributed by atoms with E-state index in [1.54, 1.807) is 19.4 Å². The first-order valence-corrected chi connectivity index (χ1v) is 12.0. The van der Waals surface area contributed by atoms with E-state index in [0.29, 0.717) is 15.4 Å². The van der Waals surface area contributed by atoms with Crippen LogP contribution < -0.4 is 14.7 Å². The maximum Gasteiger partial charge on any atom is 0.118 e. The van der Waals surface area contributed by atoms with Gasteiger partial charge < -0.3 is 9.47 Å². The van der Waals surface area contributed by atoms with Crippen molar-refractivity contribution in [2.75, 3.05) is 14.2 Å². The van der Waals surface area contributed by atoms with Gasteiger partial charge in [-0.05, 0) is 78.8 Å². The van der Waals surface area contributed by atoms with Crippen molar-refractivity contribution in [3.05, 3.63) is 88.6 Å². The van der Waals surface area contributed by atoms with Gasteiger partial charge in [0.05, 0.1) is 14.2 Å². The lowest BCUT2D eigenvalue weighted by Gasteiger charge is -2.19. The van der Waals surface area contributed by atoms with E-state index in [9.17, 15) is 0 Å². The van der Waals surface area contributed by atoms with E-state index in [2.05, 4.69) is 70.2 Å². The Bertz CT molecular complexity index is 1180. The molecular formula is C29H30O2Si. The van der Waals surface area contributed by atoms with E-state index in [4.69, 9.17) is 9.47 Å². The van der Waals surface area contributed by atoms with E-state index in [-0.39, 0.29) is 0 Å². The van der Waals surface area contributed by atoms with Gasteiger partial charge in [-0.1, -0.05) is 70.9 Å². The third kappa shape index (κ3) is 4.05. The van der Waals surface area contributed by atoms with E-state index in [0.717, 1.165) is 11.5 Å². The van der Waals surface area contributed by atoms with Crippen LogP contribution in [0.3, 0.4) is 0 Å². The number of hydrogen-bond donors (Lipinski definition) is 0.